The third-order valence-corrected chi connectivity index (χ3v) is 3.03. The van der Waals surface area contributed by atoms with Gasteiger partial charge in [0.25, 0.3) is 0 Å². The van der Waals surface area contributed by atoms with Crippen molar-refractivity contribution in [1.29, 1.82) is 0 Å². The minimum atomic E-state index is 0.438. The molecule has 0 fully saturated rings. The van der Waals surface area contributed by atoms with E-state index in [9.17, 15) is 0 Å². The average Bonchev–Trinajstić information content (AvgIpc) is 2.45. The zero-order chi connectivity index (χ0) is 12.6. The molecule has 3 nitrogen and oxygen atoms in total. The molecule has 1 aromatic rings. The van der Waals surface area contributed by atoms with Crippen LogP contribution in [0.1, 0.15) is 31.2 Å². The molecule has 96 valence electrons. The van der Waals surface area contributed by atoms with Crippen molar-refractivity contribution in [1.82, 2.24) is 0 Å². The first kappa shape index (κ1) is 12.7. The number of methoxy groups -OCH3 is 1. The van der Waals surface area contributed by atoms with Gasteiger partial charge in [-0.15, -0.1) is 0 Å². The number of benzene rings is 1. The van der Waals surface area contributed by atoms with Crippen LogP contribution >= 0.6 is 0 Å². The van der Waals surface area contributed by atoms with Crippen LogP contribution < -0.4 is 4.74 Å². The molecular weight excluding hydrogens is 226 g/mol. The number of oxime groups is 1. The molecule has 1 aliphatic carbocycles. The van der Waals surface area contributed by atoms with E-state index in [2.05, 4.69) is 11.2 Å². The van der Waals surface area contributed by atoms with Crippen molar-refractivity contribution >= 4 is 6.21 Å². The van der Waals surface area contributed by atoms with E-state index in [0.29, 0.717) is 6.61 Å². The molecule has 0 heterocycles. The number of allylic oxidation sites excluding steroid dienone is 2. The molecule has 0 radical (unpaired) electrons. The Bertz CT molecular complexity index is 438. The van der Waals surface area contributed by atoms with Gasteiger partial charge in [-0.05, 0) is 37.3 Å². The summed E-state index contributed by atoms with van der Waals surface area (Å²) in [6.45, 7) is 0.438. The first-order chi connectivity index (χ1) is 8.90. The Hall–Kier alpha value is -1.77. The minimum Gasteiger partial charge on any atom is -0.496 e. The highest BCUT2D eigenvalue weighted by Gasteiger charge is 2.02. The summed E-state index contributed by atoms with van der Waals surface area (Å²) in [4.78, 5) is 5.31. The number of ether oxygens (including phenoxy) is 1. The lowest BCUT2D eigenvalue weighted by atomic mass is 10.0. The second-order valence-electron chi connectivity index (χ2n) is 4.34. The van der Waals surface area contributed by atoms with Gasteiger partial charge in [-0.25, -0.2) is 0 Å². The van der Waals surface area contributed by atoms with E-state index < -0.39 is 0 Å². The molecule has 1 aliphatic rings. The maximum atomic E-state index is 5.31. The zero-order valence-electron chi connectivity index (χ0n) is 10.8. The van der Waals surface area contributed by atoms with Crippen molar-refractivity contribution in [2.24, 2.45) is 5.16 Å². The number of hydrogen-bond donors (Lipinski definition) is 0. The van der Waals surface area contributed by atoms with E-state index in [1.165, 1.54) is 18.4 Å². The fourth-order valence-electron chi connectivity index (χ4n) is 2.01. The van der Waals surface area contributed by atoms with Crippen LogP contribution in [0.5, 0.6) is 5.75 Å². The van der Waals surface area contributed by atoms with E-state index in [0.717, 1.165) is 24.2 Å². The van der Waals surface area contributed by atoms with Gasteiger partial charge in [0.15, 0.2) is 0 Å². The topological polar surface area (TPSA) is 30.8 Å². The molecule has 0 N–H and O–H groups in total. The van der Waals surface area contributed by atoms with Gasteiger partial charge in [0.2, 0.25) is 0 Å². The molecule has 0 atom stereocenters. The Morgan fingerprint density at radius 1 is 1.28 bits per heavy atom. The molecule has 2 rings (SSSR count). The van der Waals surface area contributed by atoms with Crippen LogP contribution in [0, 0.1) is 0 Å². The lowest BCUT2D eigenvalue weighted by Crippen LogP contribution is -1.95. The van der Waals surface area contributed by atoms with Gasteiger partial charge in [-0.3, -0.25) is 0 Å². The fourth-order valence-corrected chi connectivity index (χ4v) is 2.01. The van der Waals surface area contributed by atoms with E-state index >= 15 is 0 Å². The molecule has 0 aliphatic heterocycles. The third kappa shape index (κ3) is 3.62. The van der Waals surface area contributed by atoms with Crippen molar-refractivity contribution in [2.75, 3.05) is 7.11 Å². The smallest absolute Gasteiger partial charge is 0.145 e. The second kappa shape index (κ2) is 6.84. The SMILES string of the molecule is COc1ccccc1CON=CC1=CCCCC1. The standard InChI is InChI=1S/C15H19NO2/c1-17-15-10-6-5-9-14(15)12-18-16-11-13-7-3-2-4-8-13/h5-7,9-11H,2-4,8,12H2,1H3. The number of hydrogen-bond acceptors (Lipinski definition) is 3. The maximum Gasteiger partial charge on any atom is 0.145 e. The molecule has 0 amide bonds. The van der Waals surface area contributed by atoms with Gasteiger partial charge >= 0.3 is 0 Å². The first-order valence-corrected chi connectivity index (χ1v) is 6.36. The predicted molar refractivity (Wildman–Crippen MR) is 72.8 cm³/mol. The lowest BCUT2D eigenvalue weighted by molar-refractivity contribution is 0.130. The van der Waals surface area contributed by atoms with E-state index in [4.69, 9.17) is 9.57 Å². The maximum absolute atomic E-state index is 5.31. The highest BCUT2D eigenvalue weighted by Crippen LogP contribution is 2.18. The highest BCUT2D eigenvalue weighted by atomic mass is 16.6. The Kier molecular flexibility index (Phi) is 4.82. The average molecular weight is 245 g/mol. The van der Waals surface area contributed by atoms with Gasteiger partial charge in [0, 0.05) is 5.56 Å². The summed E-state index contributed by atoms with van der Waals surface area (Å²) in [6, 6.07) is 7.81. The summed E-state index contributed by atoms with van der Waals surface area (Å²) in [5, 5.41) is 4.02. The van der Waals surface area contributed by atoms with Crippen molar-refractivity contribution in [2.45, 2.75) is 32.3 Å². The monoisotopic (exact) mass is 245 g/mol. The van der Waals surface area contributed by atoms with Crippen molar-refractivity contribution in [3.63, 3.8) is 0 Å². The van der Waals surface area contributed by atoms with Gasteiger partial charge in [-0.2, -0.15) is 0 Å². The normalized spacial score (nSPS) is 15.5. The summed E-state index contributed by atoms with van der Waals surface area (Å²) < 4.78 is 5.25. The molecule has 0 saturated heterocycles. The second-order valence-corrected chi connectivity index (χ2v) is 4.34. The fraction of sp³-hybridized carbons (Fsp3) is 0.400. The molecule has 3 heteroatoms. The number of rotatable bonds is 5. The molecule has 18 heavy (non-hydrogen) atoms. The Morgan fingerprint density at radius 3 is 2.94 bits per heavy atom. The first-order valence-electron chi connectivity index (χ1n) is 6.36. The summed E-state index contributed by atoms with van der Waals surface area (Å²) in [6.07, 6.45) is 8.88. The van der Waals surface area contributed by atoms with Crippen molar-refractivity contribution in [3.8, 4) is 5.75 Å². The van der Waals surface area contributed by atoms with Gasteiger partial charge in [0.1, 0.15) is 12.4 Å². The van der Waals surface area contributed by atoms with Crippen LogP contribution in [0.4, 0.5) is 0 Å². The number of nitrogens with zero attached hydrogens (tertiary/aromatic N) is 1. The van der Waals surface area contributed by atoms with Crippen molar-refractivity contribution < 1.29 is 9.57 Å². The molecule has 0 saturated carbocycles. The molecule has 1 aromatic carbocycles. The Labute approximate surface area is 108 Å². The summed E-state index contributed by atoms with van der Waals surface area (Å²) >= 11 is 0. The van der Waals surface area contributed by atoms with Crippen LogP contribution in [0.2, 0.25) is 0 Å². The summed E-state index contributed by atoms with van der Waals surface area (Å²) in [5.41, 5.74) is 2.29. The lowest BCUT2D eigenvalue weighted by Gasteiger charge is -2.08. The van der Waals surface area contributed by atoms with Crippen LogP contribution in [0.25, 0.3) is 0 Å². The van der Waals surface area contributed by atoms with E-state index in [-0.39, 0.29) is 0 Å². The summed E-state index contributed by atoms with van der Waals surface area (Å²) in [5.74, 6) is 0.838. The predicted octanol–water partition coefficient (Wildman–Crippen LogP) is 3.70. The van der Waals surface area contributed by atoms with Crippen LogP contribution in [0.15, 0.2) is 41.1 Å². The highest BCUT2D eigenvalue weighted by molar-refractivity contribution is 5.78. The van der Waals surface area contributed by atoms with Gasteiger partial charge < -0.3 is 9.57 Å². The minimum absolute atomic E-state index is 0.438. The molecular formula is C15H19NO2. The van der Waals surface area contributed by atoms with Gasteiger partial charge in [0.05, 0.1) is 13.3 Å². The molecule has 0 bridgehead atoms. The van der Waals surface area contributed by atoms with E-state index in [1.54, 1.807) is 7.11 Å². The van der Waals surface area contributed by atoms with Crippen LogP contribution in [-0.2, 0) is 11.4 Å². The quantitative estimate of drug-likeness (QED) is 0.585. The Balaban J connectivity index is 1.84. The summed E-state index contributed by atoms with van der Waals surface area (Å²) in [7, 11) is 1.66. The molecule has 0 unspecified atom stereocenters. The zero-order valence-corrected chi connectivity index (χ0v) is 10.8. The largest absolute Gasteiger partial charge is 0.496 e. The number of para-hydroxylation sites is 1. The van der Waals surface area contributed by atoms with Gasteiger partial charge in [-0.1, -0.05) is 29.4 Å². The third-order valence-electron chi connectivity index (χ3n) is 3.03. The molecule has 0 aromatic heterocycles. The molecule has 0 spiro atoms. The van der Waals surface area contributed by atoms with Crippen molar-refractivity contribution in [3.05, 3.63) is 41.5 Å². The van der Waals surface area contributed by atoms with E-state index in [1.807, 2.05) is 30.5 Å². The Morgan fingerprint density at radius 2 is 2.17 bits per heavy atom. The van der Waals surface area contributed by atoms with Crippen LogP contribution in [-0.4, -0.2) is 13.3 Å². The van der Waals surface area contributed by atoms with Crippen LogP contribution in [0.3, 0.4) is 0 Å².